The Balaban J connectivity index is 1.21. The maximum atomic E-state index is 13.4. The molecule has 2 fully saturated rings. The van der Waals surface area contributed by atoms with Gasteiger partial charge in [0, 0.05) is 37.3 Å². The van der Waals surface area contributed by atoms with E-state index in [0.717, 1.165) is 59.4 Å². The van der Waals surface area contributed by atoms with Gasteiger partial charge in [0.1, 0.15) is 5.82 Å². The van der Waals surface area contributed by atoms with Crippen molar-refractivity contribution >= 4 is 29.0 Å². The topological polar surface area (TPSA) is 88.2 Å². The van der Waals surface area contributed by atoms with Crippen molar-refractivity contribution in [3.8, 4) is 10.6 Å². The number of anilines is 2. The van der Waals surface area contributed by atoms with Gasteiger partial charge in [0.2, 0.25) is 5.95 Å². The molecular formula is C23H27N7O2S. The molecule has 6 rings (SSSR count). The molecule has 0 saturated carbocycles. The second kappa shape index (κ2) is 7.61. The van der Waals surface area contributed by atoms with Gasteiger partial charge in [-0.1, -0.05) is 0 Å². The Morgan fingerprint density at radius 2 is 2.18 bits per heavy atom. The van der Waals surface area contributed by atoms with E-state index in [1.165, 1.54) is 0 Å². The van der Waals surface area contributed by atoms with E-state index in [1.54, 1.807) is 28.4 Å². The summed E-state index contributed by atoms with van der Waals surface area (Å²) in [5.74, 6) is 2.05. The van der Waals surface area contributed by atoms with E-state index in [2.05, 4.69) is 44.2 Å². The minimum Gasteiger partial charge on any atom is -0.329 e. The van der Waals surface area contributed by atoms with E-state index in [9.17, 15) is 4.79 Å². The number of hydroxylamine groups is 2. The summed E-state index contributed by atoms with van der Waals surface area (Å²) in [4.78, 5) is 32.1. The minimum absolute atomic E-state index is 0.125. The van der Waals surface area contributed by atoms with Crippen LogP contribution >= 0.6 is 11.3 Å². The molecule has 3 aromatic heterocycles. The molecule has 0 aliphatic carbocycles. The summed E-state index contributed by atoms with van der Waals surface area (Å²) in [5, 5.41) is 9.43. The van der Waals surface area contributed by atoms with Gasteiger partial charge in [-0.2, -0.15) is 10.2 Å². The number of hydrogen-bond donors (Lipinski definition) is 1. The molecule has 3 atom stereocenters. The first kappa shape index (κ1) is 20.8. The summed E-state index contributed by atoms with van der Waals surface area (Å²) in [6.45, 7) is 6.92. The fraction of sp³-hybridized carbons (Fsp3) is 0.478. The third kappa shape index (κ3) is 3.53. The second-order valence-electron chi connectivity index (χ2n) is 9.44. The lowest BCUT2D eigenvalue weighted by Gasteiger charge is -2.34. The highest BCUT2D eigenvalue weighted by Crippen LogP contribution is 2.46. The molecule has 9 nitrogen and oxygen atoms in total. The van der Waals surface area contributed by atoms with Crippen molar-refractivity contribution in [1.29, 1.82) is 0 Å². The number of fused-ring (bicyclic) bond motifs is 2. The molecule has 3 aromatic rings. The fourth-order valence-electron chi connectivity index (χ4n) is 5.02. The number of carbonyl (C=O) groups excluding carboxylic acids is 1. The summed E-state index contributed by atoms with van der Waals surface area (Å²) in [6, 6.07) is 6.30. The van der Waals surface area contributed by atoms with Gasteiger partial charge in [0.05, 0.1) is 40.5 Å². The number of carbonyl (C=O) groups is 1. The Morgan fingerprint density at radius 1 is 1.30 bits per heavy atom. The van der Waals surface area contributed by atoms with Crippen molar-refractivity contribution in [3.05, 3.63) is 41.0 Å². The Bertz CT molecular complexity index is 1220. The maximum Gasteiger partial charge on any atom is 0.255 e. The predicted molar refractivity (Wildman–Crippen MR) is 125 cm³/mol. The quantitative estimate of drug-likeness (QED) is 0.558. The molecular weight excluding hydrogens is 438 g/mol. The normalized spacial score (nSPS) is 25.1. The third-order valence-electron chi connectivity index (χ3n) is 7.02. The molecule has 3 aliphatic heterocycles. The predicted octanol–water partition coefficient (Wildman–Crippen LogP) is 3.40. The van der Waals surface area contributed by atoms with E-state index in [-0.39, 0.29) is 11.4 Å². The molecule has 6 heterocycles. The molecule has 3 aliphatic rings. The van der Waals surface area contributed by atoms with Crippen LogP contribution in [0.3, 0.4) is 0 Å². The average Bonchev–Trinajstić information content (AvgIpc) is 3.21. The first-order valence-electron chi connectivity index (χ1n) is 11.4. The number of aromatic nitrogens is 4. The molecule has 0 bridgehead atoms. The number of aryl methyl sites for hydroxylation is 1. The van der Waals surface area contributed by atoms with Crippen LogP contribution in [-0.4, -0.2) is 61.4 Å². The lowest BCUT2D eigenvalue weighted by Crippen LogP contribution is -2.41. The molecule has 1 N–H and O–H groups in total. The standard InChI is InChI=1S/C23H27N7O2S/c1-23(2)20-15(21(31)29(23)10-6-14-7-11-32-30-13-17(14)30)12-18(33-20)16-4-8-24-22(26-16)27-19-5-9-25-28(19)3/h4-5,8-9,12,14,17H,6-7,10-11,13H2,1-3H3,(H,24,26,27). The van der Waals surface area contributed by atoms with E-state index in [4.69, 9.17) is 4.84 Å². The Morgan fingerprint density at radius 3 is 2.97 bits per heavy atom. The van der Waals surface area contributed by atoms with Crippen molar-refractivity contribution in [3.63, 3.8) is 0 Å². The Kier molecular flexibility index (Phi) is 4.79. The van der Waals surface area contributed by atoms with Gasteiger partial charge in [-0.25, -0.2) is 9.97 Å². The van der Waals surface area contributed by atoms with Gasteiger partial charge >= 0.3 is 0 Å². The van der Waals surface area contributed by atoms with Gasteiger partial charge in [0.15, 0.2) is 0 Å². The van der Waals surface area contributed by atoms with Gasteiger partial charge in [-0.05, 0) is 44.7 Å². The first-order valence-corrected chi connectivity index (χ1v) is 12.2. The number of hydrogen-bond acceptors (Lipinski definition) is 8. The van der Waals surface area contributed by atoms with Crippen molar-refractivity contribution in [2.75, 3.05) is 25.0 Å². The number of rotatable bonds is 6. The summed E-state index contributed by atoms with van der Waals surface area (Å²) < 4.78 is 1.73. The number of nitrogens with zero attached hydrogens (tertiary/aromatic N) is 6. The summed E-state index contributed by atoms with van der Waals surface area (Å²) in [6.07, 6.45) is 5.56. The molecule has 0 aromatic carbocycles. The van der Waals surface area contributed by atoms with Gasteiger partial charge in [-0.15, -0.1) is 11.3 Å². The van der Waals surface area contributed by atoms with Gasteiger partial charge < -0.3 is 10.2 Å². The first-order chi connectivity index (χ1) is 15.9. The number of nitrogens with one attached hydrogen (secondary N) is 1. The number of thiophene rings is 1. The zero-order chi connectivity index (χ0) is 22.7. The van der Waals surface area contributed by atoms with Crippen LogP contribution in [0.4, 0.5) is 11.8 Å². The molecule has 2 saturated heterocycles. The van der Waals surface area contributed by atoms with Crippen LogP contribution in [0.5, 0.6) is 0 Å². The highest BCUT2D eigenvalue weighted by atomic mass is 32.1. The maximum absolute atomic E-state index is 13.4. The zero-order valence-electron chi connectivity index (χ0n) is 19.0. The Labute approximate surface area is 196 Å². The van der Waals surface area contributed by atoms with Crippen LogP contribution in [0.1, 0.15) is 41.9 Å². The highest BCUT2D eigenvalue weighted by molar-refractivity contribution is 7.16. The van der Waals surface area contributed by atoms with E-state index in [0.29, 0.717) is 17.9 Å². The molecule has 172 valence electrons. The molecule has 0 spiro atoms. The Hall–Kier alpha value is -2.82. The molecule has 1 amide bonds. The van der Waals surface area contributed by atoms with E-state index in [1.807, 2.05) is 25.2 Å². The van der Waals surface area contributed by atoms with Crippen LogP contribution in [-0.2, 0) is 17.4 Å². The van der Waals surface area contributed by atoms with Crippen molar-refractivity contribution < 1.29 is 9.63 Å². The summed E-state index contributed by atoms with van der Waals surface area (Å²) >= 11 is 1.65. The lowest BCUT2D eigenvalue weighted by atomic mass is 9.96. The van der Waals surface area contributed by atoms with Gasteiger partial charge in [0.25, 0.3) is 5.91 Å². The molecule has 33 heavy (non-hydrogen) atoms. The zero-order valence-corrected chi connectivity index (χ0v) is 19.8. The second-order valence-corrected chi connectivity index (χ2v) is 10.5. The van der Waals surface area contributed by atoms with Crippen molar-refractivity contribution in [1.82, 2.24) is 29.7 Å². The highest BCUT2D eigenvalue weighted by Gasteiger charge is 2.48. The smallest absolute Gasteiger partial charge is 0.255 e. The monoisotopic (exact) mass is 465 g/mol. The van der Waals surface area contributed by atoms with E-state index < -0.39 is 0 Å². The fourth-order valence-corrected chi connectivity index (χ4v) is 6.25. The van der Waals surface area contributed by atoms with Crippen LogP contribution in [0.15, 0.2) is 30.6 Å². The van der Waals surface area contributed by atoms with Crippen LogP contribution in [0.25, 0.3) is 10.6 Å². The molecule has 0 radical (unpaired) electrons. The summed E-state index contributed by atoms with van der Waals surface area (Å²) in [7, 11) is 1.86. The van der Waals surface area contributed by atoms with Crippen LogP contribution in [0.2, 0.25) is 0 Å². The average molecular weight is 466 g/mol. The molecule has 10 heteroatoms. The van der Waals surface area contributed by atoms with Crippen LogP contribution < -0.4 is 5.32 Å². The third-order valence-corrected chi connectivity index (χ3v) is 8.49. The van der Waals surface area contributed by atoms with Crippen molar-refractivity contribution in [2.45, 2.75) is 38.3 Å². The summed E-state index contributed by atoms with van der Waals surface area (Å²) in [5.41, 5.74) is 1.28. The minimum atomic E-state index is -0.327. The van der Waals surface area contributed by atoms with Gasteiger partial charge in [-0.3, -0.25) is 14.3 Å². The SMILES string of the molecule is Cn1nccc1Nc1nccc(-c2cc3c(s2)C(C)(C)N(CCC2CCON4CC24)C3=O)n1. The largest absolute Gasteiger partial charge is 0.329 e. The number of amides is 1. The van der Waals surface area contributed by atoms with Crippen molar-refractivity contribution in [2.24, 2.45) is 13.0 Å². The lowest BCUT2D eigenvalue weighted by molar-refractivity contribution is -0.111. The van der Waals surface area contributed by atoms with Crippen LogP contribution in [0, 0.1) is 5.92 Å². The van der Waals surface area contributed by atoms with E-state index >= 15 is 0 Å². The molecule has 3 unspecified atom stereocenters.